The van der Waals surface area contributed by atoms with Crippen molar-refractivity contribution >= 4 is 43.7 Å². The molecule has 8 nitrogen and oxygen atoms in total. The van der Waals surface area contributed by atoms with Crippen LogP contribution in [0.25, 0.3) is 0 Å². The summed E-state index contributed by atoms with van der Waals surface area (Å²) >= 11 is -4.39. The highest BCUT2D eigenvalue weighted by Crippen LogP contribution is 2.24. The van der Waals surface area contributed by atoms with E-state index in [0.29, 0.717) is 0 Å². The first-order valence-electron chi connectivity index (χ1n) is 5.35. The van der Waals surface area contributed by atoms with Gasteiger partial charge in [0.2, 0.25) is 0 Å². The van der Waals surface area contributed by atoms with Crippen LogP contribution in [0.4, 0.5) is 0 Å². The topological polar surface area (TPSA) is 156 Å². The second kappa shape index (κ2) is 11.3. The maximum absolute atomic E-state index is 10.4. The van der Waals surface area contributed by atoms with E-state index < -0.39 is 58.1 Å². The lowest BCUT2D eigenvalue weighted by atomic mass is 10.3. The summed E-state index contributed by atoms with van der Waals surface area (Å²) < 4.78 is 37.9. The second-order valence-corrected chi connectivity index (χ2v) is 8.32. The Kier molecular flexibility index (Phi) is 11.8. The molecule has 0 rings (SSSR count). The lowest BCUT2D eigenvalue weighted by Gasteiger charge is -2.17. The van der Waals surface area contributed by atoms with E-state index in [1.165, 1.54) is 0 Å². The standard InChI is InChI=1S/C8H18O8S4/c9-5(7(11)3-19(13)14)1-17-18-2-6(10)8(12)4-20(15)16/h5-12H,1-4H2,(H,13,14)(H,15,16)/t5-,6-,7-,8-/m1/s1. The van der Waals surface area contributed by atoms with Gasteiger partial charge < -0.3 is 29.5 Å². The van der Waals surface area contributed by atoms with Gasteiger partial charge >= 0.3 is 0 Å². The predicted octanol–water partition coefficient (Wildman–Crippen LogP) is -1.75. The zero-order valence-corrected chi connectivity index (χ0v) is 13.5. The van der Waals surface area contributed by atoms with Gasteiger partial charge in [0.05, 0.1) is 35.9 Å². The minimum atomic E-state index is -2.19. The van der Waals surface area contributed by atoms with E-state index in [-0.39, 0.29) is 11.5 Å². The van der Waals surface area contributed by atoms with Crippen molar-refractivity contribution in [3.63, 3.8) is 0 Å². The van der Waals surface area contributed by atoms with Crippen LogP contribution in [-0.2, 0) is 22.2 Å². The van der Waals surface area contributed by atoms with E-state index >= 15 is 0 Å². The van der Waals surface area contributed by atoms with E-state index in [1.807, 2.05) is 0 Å². The second-order valence-electron chi connectivity index (χ2n) is 3.81. The number of rotatable bonds is 11. The van der Waals surface area contributed by atoms with E-state index in [9.17, 15) is 28.8 Å². The maximum atomic E-state index is 10.4. The summed E-state index contributed by atoms with van der Waals surface area (Å²) in [6.45, 7) is 0. The lowest BCUT2D eigenvalue weighted by Crippen LogP contribution is -2.33. The van der Waals surface area contributed by atoms with E-state index in [1.54, 1.807) is 0 Å². The summed E-state index contributed by atoms with van der Waals surface area (Å²) in [5.41, 5.74) is 0. The zero-order chi connectivity index (χ0) is 15.7. The summed E-state index contributed by atoms with van der Waals surface area (Å²) in [6.07, 6.45) is -5.01. The smallest absolute Gasteiger partial charge is 0.155 e. The van der Waals surface area contributed by atoms with Gasteiger partial charge in [0.1, 0.15) is 0 Å². The first-order valence-corrected chi connectivity index (χ1v) is 10.4. The molecule has 0 aliphatic heterocycles. The average molecular weight is 370 g/mol. The Balaban J connectivity index is 3.79. The molecule has 6 N–H and O–H groups in total. The van der Waals surface area contributed by atoms with Crippen molar-refractivity contribution in [3.8, 4) is 0 Å². The molecule has 2 unspecified atom stereocenters. The van der Waals surface area contributed by atoms with Gasteiger partial charge in [0.15, 0.2) is 22.2 Å². The summed E-state index contributed by atoms with van der Waals surface area (Å²) in [5, 5.41) is 37.5. The van der Waals surface area contributed by atoms with Crippen LogP contribution in [0, 0.1) is 0 Å². The Morgan fingerprint density at radius 3 is 1.25 bits per heavy atom. The van der Waals surface area contributed by atoms with Crippen molar-refractivity contribution in [3.05, 3.63) is 0 Å². The molecule has 0 bridgehead atoms. The fourth-order valence-corrected chi connectivity index (χ4v) is 4.33. The Labute approximate surface area is 129 Å². The van der Waals surface area contributed by atoms with Crippen molar-refractivity contribution in [1.82, 2.24) is 0 Å². The van der Waals surface area contributed by atoms with Crippen LogP contribution in [0.2, 0.25) is 0 Å². The summed E-state index contributed by atoms with van der Waals surface area (Å²) in [6, 6.07) is 0. The highest BCUT2D eigenvalue weighted by atomic mass is 33.1. The first kappa shape index (κ1) is 20.8. The fourth-order valence-electron chi connectivity index (χ4n) is 0.972. The number of aliphatic hydroxyl groups excluding tert-OH is 4. The Morgan fingerprint density at radius 2 is 1.00 bits per heavy atom. The molecule has 6 atom stereocenters. The minimum Gasteiger partial charge on any atom is -0.389 e. The van der Waals surface area contributed by atoms with Gasteiger partial charge in [-0.2, -0.15) is 0 Å². The molecule has 0 amide bonds. The lowest BCUT2D eigenvalue weighted by molar-refractivity contribution is 0.0484. The predicted molar refractivity (Wildman–Crippen MR) is 80.2 cm³/mol. The van der Waals surface area contributed by atoms with Gasteiger partial charge in [-0.25, -0.2) is 8.42 Å². The third-order valence-corrected chi connectivity index (χ3v) is 5.77. The van der Waals surface area contributed by atoms with E-state index in [2.05, 4.69) is 0 Å². The van der Waals surface area contributed by atoms with Crippen molar-refractivity contribution in [2.45, 2.75) is 24.4 Å². The molecule has 0 radical (unpaired) electrons. The van der Waals surface area contributed by atoms with Gasteiger partial charge in [-0.15, -0.1) is 0 Å². The molecular formula is C8H18O8S4. The number of hydrogen-bond donors (Lipinski definition) is 6. The summed E-state index contributed by atoms with van der Waals surface area (Å²) in [4.78, 5) is 0. The van der Waals surface area contributed by atoms with Crippen LogP contribution in [-0.4, -0.2) is 85.4 Å². The Morgan fingerprint density at radius 1 is 0.700 bits per heavy atom. The molecule has 0 aromatic carbocycles. The van der Waals surface area contributed by atoms with Crippen molar-refractivity contribution < 1.29 is 37.9 Å². The third kappa shape index (κ3) is 10.5. The van der Waals surface area contributed by atoms with Crippen molar-refractivity contribution in [2.24, 2.45) is 0 Å². The molecular weight excluding hydrogens is 352 g/mol. The van der Waals surface area contributed by atoms with Crippen molar-refractivity contribution in [1.29, 1.82) is 0 Å². The normalized spacial score (nSPS) is 20.9. The fraction of sp³-hybridized carbons (Fsp3) is 1.00. The number of hydrogen-bond acceptors (Lipinski definition) is 8. The van der Waals surface area contributed by atoms with Gasteiger partial charge in [-0.05, 0) is 0 Å². The SMILES string of the molecule is O=S(O)C[C@@H](O)[C@H](O)CSSC[C@@H](O)[C@H](O)CS(=O)O. The Bertz CT molecular complexity index is 287. The molecule has 0 heterocycles. The van der Waals surface area contributed by atoms with Crippen LogP contribution in [0.5, 0.6) is 0 Å². The molecule has 12 heteroatoms. The van der Waals surface area contributed by atoms with Crippen LogP contribution in [0.1, 0.15) is 0 Å². The number of aliphatic hydroxyl groups is 4. The molecule has 0 aromatic heterocycles. The largest absolute Gasteiger partial charge is 0.389 e. The molecule has 0 fully saturated rings. The highest BCUT2D eigenvalue weighted by molar-refractivity contribution is 8.76. The van der Waals surface area contributed by atoms with Gasteiger partial charge in [-0.1, -0.05) is 21.6 Å². The monoisotopic (exact) mass is 370 g/mol. The Hall–Kier alpha value is 0.760. The third-order valence-electron chi connectivity index (χ3n) is 2.08. The molecule has 0 spiro atoms. The minimum absolute atomic E-state index is 0.0672. The molecule has 0 aliphatic rings. The van der Waals surface area contributed by atoms with Crippen LogP contribution in [0.3, 0.4) is 0 Å². The maximum Gasteiger partial charge on any atom is 0.155 e. The van der Waals surface area contributed by atoms with Crippen molar-refractivity contribution in [2.75, 3.05) is 23.0 Å². The van der Waals surface area contributed by atoms with E-state index in [4.69, 9.17) is 9.11 Å². The molecule has 0 saturated heterocycles. The molecule has 122 valence electrons. The first-order chi connectivity index (χ1) is 9.23. The molecule has 0 saturated carbocycles. The summed E-state index contributed by atoms with van der Waals surface area (Å²) in [5.74, 6) is -0.762. The summed E-state index contributed by atoms with van der Waals surface area (Å²) in [7, 11) is 2.20. The van der Waals surface area contributed by atoms with Crippen LogP contribution >= 0.6 is 21.6 Å². The van der Waals surface area contributed by atoms with Crippen LogP contribution < -0.4 is 0 Å². The average Bonchev–Trinajstić information content (AvgIpc) is 2.32. The van der Waals surface area contributed by atoms with Gasteiger partial charge in [-0.3, -0.25) is 0 Å². The quantitative estimate of drug-likeness (QED) is 0.140. The van der Waals surface area contributed by atoms with Crippen LogP contribution in [0.15, 0.2) is 0 Å². The van der Waals surface area contributed by atoms with Gasteiger partial charge in [0, 0.05) is 11.5 Å². The molecule has 0 aliphatic carbocycles. The zero-order valence-electron chi connectivity index (χ0n) is 10.3. The molecule has 20 heavy (non-hydrogen) atoms. The van der Waals surface area contributed by atoms with Gasteiger partial charge in [0.25, 0.3) is 0 Å². The van der Waals surface area contributed by atoms with E-state index in [0.717, 1.165) is 21.6 Å². The molecule has 0 aromatic rings. The highest BCUT2D eigenvalue weighted by Gasteiger charge is 2.21.